The van der Waals surface area contributed by atoms with Crippen LogP contribution in [-0.4, -0.2) is 36.1 Å². The van der Waals surface area contributed by atoms with Crippen LogP contribution in [0.3, 0.4) is 0 Å². The van der Waals surface area contributed by atoms with Gasteiger partial charge in [0.25, 0.3) is 0 Å². The normalized spacial score (nSPS) is 9.92. The zero-order chi connectivity index (χ0) is 9.40. The summed E-state index contributed by atoms with van der Waals surface area (Å²) >= 11 is 0. The van der Waals surface area contributed by atoms with Crippen molar-refractivity contribution in [3.05, 3.63) is 0 Å². The highest BCUT2D eigenvalue weighted by atomic mass is 16.3. The number of amides is 1. The van der Waals surface area contributed by atoms with E-state index in [-0.39, 0.29) is 12.5 Å². The highest BCUT2D eigenvalue weighted by Gasteiger charge is 2.05. The second-order valence-electron chi connectivity index (χ2n) is 3.00. The maximum absolute atomic E-state index is 11.2. The van der Waals surface area contributed by atoms with E-state index in [0.717, 1.165) is 19.3 Å². The molecular weight excluding hydrogens is 154 g/mol. The van der Waals surface area contributed by atoms with Crippen LogP contribution < -0.4 is 0 Å². The summed E-state index contributed by atoms with van der Waals surface area (Å²) in [7, 11) is 1.73. The number of carbonyl (C=O) groups excluding carboxylic acids is 1. The van der Waals surface area contributed by atoms with Gasteiger partial charge in [-0.05, 0) is 6.42 Å². The summed E-state index contributed by atoms with van der Waals surface area (Å²) in [5.74, 6) is 0.137. The van der Waals surface area contributed by atoms with E-state index in [2.05, 4.69) is 6.92 Å². The summed E-state index contributed by atoms with van der Waals surface area (Å²) in [4.78, 5) is 12.8. The van der Waals surface area contributed by atoms with Gasteiger partial charge < -0.3 is 10.0 Å². The molecule has 0 unspecified atom stereocenters. The third-order valence-corrected chi connectivity index (χ3v) is 1.86. The highest BCUT2D eigenvalue weighted by Crippen LogP contribution is 2.01. The van der Waals surface area contributed by atoms with Crippen LogP contribution in [0.25, 0.3) is 0 Å². The summed E-state index contributed by atoms with van der Waals surface area (Å²) < 4.78 is 0. The smallest absolute Gasteiger partial charge is 0.222 e. The quantitative estimate of drug-likeness (QED) is 0.609. The van der Waals surface area contributed by atoms with Gasteiger partial charge in [-0.1, -0.05) is 19.8 Å². The Labute approximate surface area is 74.4 Å². The fraction of sp³-hybridized carbons (Fsp3) is 0.889. The van der Waals surface area contributed by atoms with Crippen molar-refractivity contribution in [1.82, 2.24) is 4.90 Å². The lowest BCUT2D eigenvalue weighted by Gasteiger charge is -2.14. The zero-order valence-electron chi connectivity index (χ0n) is 8.05. The van der Waals surface area contributed by atoms with Crippen LogP contribution in [0, 0.1) is 0 Å². The summed E-state index contributed by atoms with van der Waals surface area (Å²) in [6.45, 7) is 2.61. The number of hydrogen-bond donors (Lipinski definition) is 1. The molecule has 0 aromatic carbocycles. The molecule has 0 radical (unpaired) electrons. The lowest BCUT2D eigenvalue weighted by Crippen LogP contribution is -2.29. The second-order valence-corrected chi connectivity index (χ2v) is 3.00. The van der Waals surface area contributed by atoms with Gasteiger partial charge >= 0.3 is 0 Å². The van der Waals surface area contributed by atoms with Crippen LogP contribution >= 0.6 is 0 Å². The summed E-state index contributed by atoms with van der Waals surface area (Å²) in [5.41, 5.74) is 0. The topological polar surface area (TPSA) is 40.5 Å². The average Bonchev–Trinajstić information content (AvgIpc) is 2.05. The van der Waals surface area contributed by atoms with E-state index in [9.17, 15) is 4.79 Å². The Morgan fingerprint density at radius 2 is 2.08 bits per heavy atom. The van der Waals surface area contributed by atoms with Gasteiger partial charge in [-0.25, -0.2) is 0 Å². The molecule has 0 aromatic rings. The lowest BCUT2D eigenvalue weighted by atomic mass is 10.2. The van der Waals surface area contributed by atoms with Gasteiger partial charge in [0.1, 0.15) is 0 Å². The van der Waals surface area contributed by atoms with Crippen LogP contribution in [0.2, 0.25) is 0 Å². The summed E-state index contributed by atoms with van der Waals surface area (Å²) in [5, 5.41) is 8.56. The first kappa shape index (κ1) is 11.4. The summed E-state index contributed by atoms with van der Waals surface area (Å²) in [6.07, 6.45) is 3.82. The molecule has 0 aromatic heterocycles. The molecule has 0 fully saturated rings. The fourth-order valence-corrected chi connectivity index (χ4v) is 0.992. The molecule has 0 rings (SSSR count). The number of hydrogen-bond acceptors (Lipinski definition) is 2. The van der Waals surface area contributed by atoms with Gasteiger partial charge in [0.15, 0.2) is 0 Å². The number of rotatable bonds is 6. The molecule has 72 valence electrons. The Kier molecular flexibility index (Phi) is 6.76. The molecule has 0 aliphatic carbocycles. The number of nitrogens with zero attached hydrogens (tertiary/aromatic N) is 1. The van der Waals surface area contributed by atoms with Crippen molar-refractivity contribution in [3.63, 3.8) is 0 Å². The molecule has 0 saturated heterocycles. The molecule has 0 saturated carbocycles. The van der Waals surface area contributed by atoms with Crippen LogP contribution in [-0.2, 0) is 4.79 Å². The molecule has 0 spiro atoms. The van der Waals surface area contributed by atoms with E-state index in [0.29, 0.717) is 13.0 Å². The van der Waals surface area contributed by atoms with E-state index < -0.39 is 0 Å². The molecule has 0 heterocycles. The van der Waals surface area contributed by atoms with Crippen molar-refractivity contribution in [2.45, 2.75) is 32.6 Å². The number of carbonyl (C=O) groups is 1. The van der Waals surface area contributed by atoms with Gasteiger partial charge in [0.05, 0.1) is 6.61 Å². The molecule has 12 heavy (non-hydrogen) atoms. The first-order valence-corrected chi connectivity index (χ1v) is 4.57. The van der Waals surface area contributed by atoms with Crippen molar-refractivity contribution in [2.75, 3.05) is 20.2 Å². The Bertz CT molecular complexity index is 126. The predicted molar refractivity (Wildman–Crippen MR) is 48.9 cm³/mol. The van der Waals surface area contributed by atoms with Crippen LogP contribution in [0.4, 0.5) is 0 Å². The molecule has 1 N–H and O–H groups in total. The Balaban J connectivity index is 3.43. The van der Waals surface area contributed by atoms with Gasteiger partial charge in [-0.2, -0.15) is 0 Å². The fourth-order valence-electron chi connectivity index (χ4n) is 0.992. The van der Waals surface area contributed by atoms with Crippen molar-refractivity contribution >= 4 is 5.91 Å². The Hall–Kier alpha value is -0.570. The lowest BCUT2D eigenvalue weighted by molar-refractivity contribution is -0.130. The van der Waals surface area contributed by atoms with Crippen molar-refractivity contribution < 1.29 is 9.90 Å². The van der Waals surface area contributed by atoms with E-state index in [1.807, 2.05) is 0 Å². The molecule has 0 aliphatic rings. The van der Waals surface area contributed by atoms with Crippen LogP contribution in [0.5, 0.6) is 0 Å². The van der Waals surface area contributed by atoms with E-state index in [4.69, 9.17) is 5.11 Å². The largest absolute Gasteiger partial charge is 0.395 e. The molecule has 0 aliphatic heterocycles. The first-order chi connectivity index (χ1) is 5.72. The standard InChI is InChI=1S/C9H19NO2/c1-3-4-5-6-9(12)10(2)7-8-11/h11H,3-8H2,1-2H3. The van der Waals surface area contributed by atoms with Crippen LogP contribution in [0.15, 0.2) is 0 Å². The van der Waals surface area contributed by atoms with Crippen LogP contribution in [0.1, 0.15) is 32.6 Å². The minimum Gasteiger partial charge on any atom is -0.395 e. The van der Waals surface area contributed by atoms with Gasteiger partial charge in [-0.15, -0.1) is 0 Å². The average molecular weight is 173 g/mol. The maximum atomic E-state index is 11.2. The van der Waals surface area contributed by atoms with Crippen molar-refractivity contribution in [2.24, 2.45) is 0 Å². The first-order valence-electron chi connectivity index (χ1n) is 4.57. The second kappa shape index (κ2) is 7.10. The third-order valence-electron chi connectivity index (χ3n) is 1.86. The van der Waals surface area contributed by atoms with Crippen molar-refractivity contribution in [1.29, 1.82) is 0 Å². The van der Waals surface area contributed by atoms with Crippen molar-refractivity contribution in [3.8, 4) is 0 Å². The van der Waals surface area contributed by atoms with Gasteiger partial charge in [-0.3, -0.25) is 4.79 Å². The Morgan fingerprint density at radius 1 is 1.42 bits per heavy atom. The predicted octanol–water partition coefficient (Wildman–Crippen LogP) is 1.02. The Morgan fingerprint density at radius 3 is 2.58 bits per heavy atom. The number of aliphatic hydroxyl groups excluding tert-OH is 1. The minimum atomic E-state index is 0.0516. The molecule has 0 bridgehead atoms. The SMILES string of the molecule is CCCCCC(=O)N(C)CCO. The van der Waals surface area contributed by atoms with Gasteiger partial charge in [0, 0.05) is 20.0 Å². The number of unbranched alkanes of at least 4 members (excludes halogenated alkanes) is 2. The van der Waals surface area contributed by atoms with E-state index in [1.54, 1.807) is 11.9 Å². The highest BCUT2D eigenvalue weighted by molar-refractivity contribution is 5.75. The molecule has 3 nitrogen and oxygen atoms in total. The number of aliphatic hydroxyl groups is 1. The molecular formula is C9H19NO2. The number of likely N-dealkylation sites (N-methyl/N-ethyl adjacent to an activating group) is 1. The monoisotopic (exact) mass is 173 g/mol. The third kappa shape index (κ3) is 5.13. The minimum absolute atomic E-state index is 0.0516. The van der Waals surface area contributed by atoms with E-state index in [1.165, 1.54) is 0 Å². The zero-order valence-corrected chi connectivity index (χ0v) is 8.05. The summed E-state index contributed by atoms with van der Waals surface area (Å²) in [6, 6.07) is 0. The molecule has 3 heteroatoms. The molecule has 0 atom stereocenters. The molecule has 1 amide bonds. The van der Waals surface area contributed by atoms with Gasteiger partial charge in [0.2, 0.25) is 5.91 Å². The van der Waals surface area contributed by atoms with E-state index >= 15 is 0 Å². The maximum Gasteiger partial charge on any atom is 0.222 e.